The first-order chi connectivity index (χ1) is 33.0. The SMILES string of the molecule is CCCCC/C=C\C/C=C\CCCCCCCCCC(=O)OCC(COC(=O)CCCCCCCCC/C=C\C/C=C\CCCCC)OC(=O)CCCCCCC/C=C\CCCCCCCC. The van der Waals surface area contributed by atoms with Crippen LogP contribution < -0.4 is 0 Å². The molecule has 0 bridgehead atoms. The summed E-state index contributed by atoms with van der Waals surface area (Å²) in [5.74, 6) is -0.897. The minimum atomic E-state index is -0.785. The normalized spacial score (nSPS) is 12.1. The van der Waals surface area contributed by atoms with Crippen molar-refractivity contribution in [2.45, 2.75) is 297 Å². The van der Waals surface area contributed by atoms with Gasteiger partial charge in [-0.25, -0.2) is 0 Å². The van der Waals surface area contributed by atoms with E-state index < -0.39 is 6.10 Å². The van der Waals surface area contributed by atoms with E-state index >= 15 is 0 Å². The lowest BCUT2D eigenvalue weighted by Crippen LogP contribution is -2.30. The van der Waals surface area contributed by atoms with Crippen LogP contribution in [0, 0.1) is 0 Å². The lowest BCUT2D eigenvalue weighted by atomic mass is 10.1. The minimum Gasteiger partial charge on any atom is -0.462 e. The fourth-order valence-electron chi connectivity index (χ4n) is 8.09. The zero-order chi connectivity index (χ0) is 48.6. The molecule has 0 N–H and O–H groups in total. The third-order valence-electron chi connectivity index (χ3n) is 12.5. The van der Waals surface area contributed by atoms with Crippen LogP contribution in [0.15, 0.2) is 60.8 Å². The molecule has 0 aromatic heterocycles. The largest absolute Gasteiger partial charge is 0.462 e. The molecule has 0 rings (SSSR count). The molecule has 0 amide bonds. The predicted molar refractivity (Wildman–Crippen MR) is 288 cm³/mol. The Morgan fingerprint density at radius 2 is 0.537 bits per heavy atom. The van der Waals surface area contributed by atoms with E-state index in [1.54, 1.807) is 0 Å². The number of esters is 3. The Morgan fingerprint density at radius 3 is 0.866 bits per heavy atom. The van der Waals surface area contributed by atoms with Crippen molar-refractivity contribution in [3.63, 3.8) is 0 Å². The van der Waals surface area contributed by atoms with Gasteiger partial charge in [-0.2, -0.15) is 0 Å². The van der Waals surface area contributed by atoms with Gasteiger partial charge in [-0.1, -0.05) is 223 Å². The van der Waals surface area contributed by atoms with Crippen molar-refractivity contribution in [1.82, 2.24) is 0 Å². The monoisotopic (exact) mass is 937 g/mol. The number of hydrogen-bond acceptors (Lipinski definition) is 6. The molecule has 67 heavy (non-hydrogen) atoms. The third-order valence-corrected chi connectivity index (χ3v) is 12.5. The predicted octanol–water partition coefficient (Wildman–Crippen LogP) is 19.2. The van der Waals surface area contributed by atoms with E-state index in [0.29, 0.717) is 19.3 Å². The molecule has 0 spiro atoms. The van der Waals surface area contributed by atoms with Crippen LogP contribution in [0.4, 0.5) is 0 Å². The van der Waals surface area contributed by atoms with Gasteiger partial charge in [-0.15, -0.1) is 0 Å². The molecule has 0 radical (unpaired) electrons. The van der Waals surface area contributed by atoms with Crippen LogP contribution in [-0.4, -0.2) is 37.2 Å². The second-order valence-electron chi connectivity index (χ2n) is 19.2. The smallest absolute Gasteiger partial charge is 0.306 e. The molecule has 6 nitrogen and oxygen atoms in total. The van der Waals surface area contributed by atoms with Gasteiger partial charge in [0.2, 0.25) is 0 Å². The molecule has 0 aromatic rings. The molecule has 0 aliphatic carbocycles. The summed E-state index contributed by atoms with van der Waals surface area (Å²) in [5.41, 5.74) is 0. The van der Waals surface area contributed by atoms with Gasteiger partial charge in [-0.05, 0) is 109 Å². The topological polar surface area (TPSA) is 78.9 Å². The van der Waals surface area contributed by atoms with Crippen LogP contribution in [-0.2, 0) is 28.6 Å². The zero-order valence-corrected chi connectivity index (χ0v) is 44.4. The van der Waals surface area contributed by atoms with E-state index in [-0.39, 0.29) is 31.1 Å². The fraction of sp³-hybridized carbons (Fsp3) is 0.787. The molecule has 0 fully saturated rings. The van der Waals surface area contributed by atoms with E-state index in [1.807, 2.05) is 0 Å². The Bertz CT molecular complexity index is 1150. The average Bonchev–Trinajstić information content (AvgIpc) is 3.33. The fourth-order valence-corrected chi connectivity index (χ4v) is 8.09. The number of carbonyl (C=O) groups excluding carboxylic acids is 3. The van der Waals surface area contributed by atoms with E-state index in [9.17, 15) is 14.4 Å². The van der Waals surface area contributed by atoms with Crippen LogP contribution in [0.3, 0.4) is 0 Å². The van der Waals surface area contributed by atoms with Crippen molar-refractivity contribution in [1.29, 1.82) is 0 Å². The summed E-state index contributed by atoms with van der Waals surface area (Å²) in [4.78, 5) is 38.2. The van der Waals surface area contributed by atoms with Gasteiger partial charge in [0.25, 0.3) is 0 Å². The summed E-state index contributed by atoms with van der Waals surface area (Å²) in [7, 11) is 0. The van der Waals surface area contributed by atoms with Gasteiger partial charge in [0.05, 0.1) is 0 Å². The number of rotatable bonds is 52. The second-order valence-corrected chi connectivity index (χ2v) is 19.2. The summed E-state index contributed by atoms with van der Waals surface area (Å²) < 4.78 is 16.9. The highest BCUT2D eigenvalue weighted by Crippen LogP contribution is 2.15. The van der Waals surface area contributed by atoms with Gasteiger partial charge < -0.3 is 14.2 Å². The Morgan fingerprint density at radius 1 is 0.299 bits per heavy atom. The summed E-state index contributed by atoms with van der Waals surface area (Å²) in [6.07, 6.45) is 69.1. The Labute approximate surface area is 415 Å². The number of carbonyl (C=O) groups is 3. The number of hydrogen-bond donors (Lipinski definition) is 0. The highest BCUT2D eigenvalue weighted by molar-refractivity contribution is 5.71. The molecule has 0 aliphatic heterocycles. The third kappa shape index (κ3) is 53.9. The van der Waals surface area contributed by atoms with Crippen LogP contribution in [0.5, 0.6) is 0 Å². The molecule has 0 atom stereocenters. The molecule has 0 saturated heterocycles. The molecule has 0 saturated carbocycles. The Hall–Kier alpha value is -2.89. The summed E-state index contributed by atoms with van der Waals surface area (Å²) in [6, 6.07) is 0. The van der Waals surface area contributed by atoms with Crippen molar-refractivity contribution in [2.75, 3.05) is 13.2 Å². The van der Waals surface area contributed by atoms with Gasteiger partial charge in [0.15, 0.2) is 6.10 Å². The van der Waals surface area contributed by atoms with Gasteiger partial charge in [-0.3, -0.25) is 14.4 Å². The molecule has 0 unspecified atom stereocenters. The summed E-state index contributed by atoms with van der Waals surface area (Å²) in [6.45, 7) is 6.59. The maximum atomic E-state index is 12.8. The maximum Gasteiger partial charge on any atom is 0.306 e. The van der Waals surface area contributed by atoms with Crippen molar-refractivity contribution >= 4 is 17.9 Å². The van der Waals surface area contributed by atoms with E-state index in [1.165, 1.54) is 154 Å². The van der Waals surface area contributed by atoms with Gasteiger partial charge in [0, 0.05) is 19.3 Å². The zero-order valence-electron chi connectivity index (χ0n) is 44.4. The van der Waals surface area contributed by atoms with Crippen molar-refractivity contribution in [3.05, 3.63) is 60.8 Å². The maximum absolute atomic E-state index is 12.8. The summed E-state index contributed by atoms with van der Waals surface area (Å²) >= 11 is 0. The number of ether oxygens (including phenoxy) is 3. The first-order valence-corrected chi connectivity index (χ1v) is 28.8. The number of allylic oxidation sites excluding steroid dienone is 10. The van der Waals surface area contributed by atoms with Crippen LogP contribution in [0.2, 0.25) is 0 Å². The summed E-state index contributed by atoms with van der Waals surface area (Å²) in [5, 5.41) is 0. The standard InChI is InChI=1S/C61H108O6/c1-4-7-10-13-16-19-22-25-28-30-33-35-38-41-44-47-50-53-59(62)65-56-58(67-61(64)55-52-49-46-43-40-37-32-27-24-21-18-15-12-9-6-3)57-66-60(63)54-51-48-45-42-39-36-34-31-29-26-23-20-17-14-11-8-5-2/h16-17,19-20,25-29,32,58H,4-15,18,21-24,30-31,33-57H2,1-3H3/b19-16-,20-17-,28-25-,29-26-,32-27-. The average molecular weight is 938 g/mol. The van der Waals surface area contributed by atoms with Crippen molar-refractivity contribution in [3.8, 4) is 0 Å². The lowest BCUT2D eigenvalue weighted by Gasteiger charge is -2.18. The van der Waals surface area contributed by atoms with E-state index in [2.05, 4.69) is 81.5 Å². The molecule has 0 heterocycles. The van der Waals surface area contributed by atoms with Gasteiger partial charge >= 0.3 is 17.9 Å². The van der Waals surface area contributed by atoms with Crippen LogP contribution in [0.25, 0.3) is 0 Å². The van der Waals surface area contributed by atoms with Gasteiger partial charge in [0.1, 0.15) is 13.2 Å². The highest BCUT2D eigenvalue weighted by Gasteiger charge is 2.19. The van der Waals surface area contributed by atoms with Crippen LogP contribution >= 0.6 is 0 Å². The Balaban J connectivity index is 4.40. The van der Waals surface area contributed by atoms with Crippen molar-refractivity contribution in [2.24, 2.45) is 0 Å². The van der Waals surface area contributed by atoms with E-state index in [4.69, 9.17) is 14.2 Å². The number of unbranched alkanes of at least 4 members (excludes halogenated alkanes) is 31. The Kier molecular flexibility index (Phi) is 53.3. The second kappa shape index (κ2) is 55.7. The molecular formula is C61H108O6. The van der Waals surface area contributed by atoms with E-state index in [0.717, 1.165) is 96.3 Å². The molecule has 0 aromatic carbocycles. The molecule has 6 heteroatoms. The first kappa shape index (κ1) is 64.1. The quantitative estimate of drug-likeness (QED) is 0.0262. The first-order valence-electron chi connectivity index (χ1n) is 28.8. The van der Waals surface area contributed by atoms with Crippen LogP contribution in [0.1, 0.15) is 290 Å². The molecular weight excluding hydrogens is 829 g/mol. The minimum absolute atomic E-state index is 0.0834. The molecule has 0 aliphatic rings. The lowest BCUT2D eigenvalue weighted by molar-refractivity contribution is -0.167. The van der Waals surface area contributed by atoms with Crippen molar-refractivity contribution < 1.29 is 28.6 Å². The highest BCUT2D eigenvalue weighted by atomic mass is 16.6. The molecule has 388 valence electrons.